The summed E-state index contributed by atoms with van der Waals surface area (Å²) in [4.78, 5) is 14.7. The van der Waals surface area contributed by atoms with Crippen molar-refractivity contribution >= 4 is 5.91 Å². The molecule has 0 radical (unpaired) electrons. The van der Waals surface area contributed by atoms with E-state index in [1.165, 1.54) is 12.0 Å². The topological polar surface area (TPSA) is 50.2 Å². The van der Waals surface area contributed by atoms with Gasteiger partial charge in [-0.1, -0.05) is 30.3 Å². The number of aromatic nitrogens is 2. The molecule has 1 saturated heterocycles. The summed E-state index contributed by atoms with van der Waals surface area (Å²) in [5.41, 5.74) is 2.16. The Morgan fingerprint density at radius 3 is 2.79 bits per heavy atom. The lowest BCUT2D eigenvalue weighted by Crippen LogP contribution is -2.49. The number of nitrogens with one attached hydrogen (secondary N) is 1. The number of hydrogen-bond donors (Lipinski definition) is 1. The van der Waals surface area contributed by atoms with E-state index in [0.29, 0.717) is 13.0 Å². The lowest BCUT2D eigenvalue weighted by molar-refractivity contribution is -0.121. The van der Waals surface area contributed by atoms with E-state index in [1.807, 2.05) is 25.4 Å². The molecule has 1 amide bonds. The third-order valence-corrected chi connectivity index (χ3v) is 4.90. The van der Waals surface area contributed by atoms with Gasteiger partial charge in [-0.05, 0) is 37.9 Å². The van der Waals surface area contributed by atoms with Crippen LogP contribution in [0, 0.1) is 0 Å². The number of carbonyl (C=O) groups excluding carboxylic acids is 1. The summed E-state index contributed by atoms with van der Waals surface area (Å²) in [6.45, 7) is 4.96. The van der Waals surface area contributed by atoms with Crippen LogP contribution < -0.4 is 5.32 Å². The third-order valence-electron chi connectivity index (χ3n) is 4.90. The highest BCUT2D eigenvalue weighted by Gasteiger charge is 2.36. The van der Waals surface area contributed by atoms with Crippen LogP contribution in [-0.2, 0) is 24.8 Å². The van der Waals surface area contributed by atoms with E-state index in [0.717, 1.165) is 25.2 Å². The Labute approximate surface area is 143 Å². The average Bonchev–Trinajstić information content (AvgIpc) is 3.13. The molecule has 1 aliphatic rings. The van der Waals surface area contributed by atoms with Crippen LogP contribution in [0.4, 0.5) is 0 Å². The van der Waals surface area contributed by atoms with Crippen LogP contribution in [0.3, 0.4) is 0 Å². The van der Waals surface area contributed by atoms with Gasteiger partial charge in [0.25, 0.3) is 0 Å². The Hall–Kier alpha value is -2.14. The number of benzene rings is 1. The van der Waals surface area contributed by atoms with E-state index >= 15 is 0 Å². The quantitative estimate of drug-likeness (QED) is 0.885. The first-order valence-corrected chi connectivity index (χ1v) is 8.59. The highest BCUT2D eigenvalue weighted by atomic mass is 16.1. The Bertz CT molecular complexity index is 682. The molecule has 3 rings (SSSR count). The molecule has 0 spiro atoms. The Balaban J connectivity index is 1.55. The smallest absolute Gasteiger partial charge is 0.226 e. The first-order chi connectivity index (χ1) is 11.5. The zero-order valence-corrected chi connectivity index (χ0v) is 14.5. The summed E-state index contributed by atoms with van der Waals surface area (Å²) in [5, 5.41) is 7.37. The molecule has 1 aromatic carbocycles. The van der Waals surface area contributed by atoms with Crippen LogP contribution in [0.2, 0.25) is 0 Å². The van der Waals surface area contributed by atoms with Gasteiger partial charge in [-0.2, -0.15) is 5.10 Å². The molecule has 0 saturated carbocycles. The van der Waals surface area contributed by atoms with Crippen LogP contribution in [0.25, 0.3) is 0 Å². The van der Waals surface area contributed by atoms with E-state index < -0.39 is 0 Å². The normalized spacial score (nSPS) is 21.1. The predicted octanol–water partition coefficient (Wildman–Crippen LogP) is 2.13. The molecule has 0 bridgehead atoms. The second-order valence-corrected chi connectivity index (χ2v) is 6.94. The molecule has 1 fully saturated rings. The van der Waals surface area contributed by atoms with Gasteiger partial charge in [-0.25, -0.2) is 0 Å². The average molecular weight is 326 g/mol. The molecular weight excluding hydrogens is 300 g/mol. The Morgan fingerprint density at radius 1 is 1.29 bits per heavy atom. The number of nitrogens with zero attached hydrogens (tertiary/aromatic N) is 3. The maximum Gasteiger partial charge on any atom is 0.226 e. The number of likely N-dealkylation sites (tertiary alicyclic amines) is 1. The molecule has 0 aliphatic carbocycles. The monoisotopic (exact) mass is 326 g/mol. The first-order valence-electron chi connectivity index (χ1n) is 8.59. The van der Waals surface area contributed by atoms with Gasteiger partial charge in [0, 0.05) is 31.9 Å². The summed E-state index contributed by atoms with van der Waals surface area (Å²) < 4.78 is 1.72. The molecule has 1 N–H and O–H groups in total. The van der Waals surface area contributed by atoms with Crippen LogP contribution in [0.15, 0.2) is 42.6 Å². The zero-order valence-electron chi connectivity index (χ0n) is 14.5. The number of aryl methyl sites for hydroxylation is 1. The minimum atomic E-state index is 0.0234. The van der Waals surface area contributed by atoms with Crippen molar-refractivity contribution in [2.75, 3.05) is 13.1 Å². The van der Waals surface area contributed by atoms with Crippen molar-refractivity contribution in [3.63, 3.8) is 0 Å². The Kier molecular flexibility index (Phi) is 5.00. The van der Waals surface area contributed by atoms with Crippen molar-refractivity contribution in [3.8, 4) is 0 Å². The lowest BCUT2D eigenvalue weighted by atomic mass is 9.98. The maximum atomic E-state index is 12.2. The molecule has 24 heavy (non-hydrogen) atoms. The molecule has 0 unspecified atom stereocenters. The largest absolute Gasteiger partial charge is 0.354 e. The van der Waals surface area contributed by atoms with Gasteiger partial charge in [0.1, 0.15) is 0 Å². The molecule has 5 heteroatoms. The highest BCUT2D eigenvalue weighted by Crippen LogP contribution is 2.29. The summed E-state index contributed by atoms with van der Waals surface area (Å²) in [6.07, 6.45) is 4.50. The molecule has 2 aromatic rings. The summed E-state index contributed by atoms with van der Waals surface area (Å²) in [5.74, 6) is 0.0430. The third kappa shape index (κ3) is 4.03. The van der Waals surface area contributed by atoms with Crippen molar-refractivity contribution < 1.29 is 4.79 Å². The first kappa shape index (κ1) is 16.7. The van der Waals surface area contributed by atoms with Crippen molar-refractivity contribution in [1.29, 1.82) is 0 Å². The lowest BCUT2D eigenvalue weighted by Gasteiger charge is -2.35. The number of amides is 1. The van der Waals surface area contributed by atoms with E-state index in [2.05, 4.69) is 46.5 Å². The fourth-order valence-electron chi connectivity index (χ4n) is 3.43. The summed E-state index contributed by atoms with van der Waals surface area (Å²) >= 11 is 0. The van der Waals surface area contributed by atoms with Crippen LogP contribution in [0.5, 0.6) is 0 Å². The molecule has 2 heterocycles. The number of hydrogen-bond acceptors (Lipinski definition) is 3. The fourth-order valence-corrected chi connectivity index (χ4v) is 3.43. The van der Waals surface area contributed by atoms with Crippen LogP contribution >= 0.6 is 0 Å². The van der Waals surface area contributed by atoms with E-state index in [4.69, 9.17) is 0 Å². The zero-order chi connectivity index (χ0) is 17.0. The second kappa shape index (κ2) is 7.18. The van der Waals surface area contributed by atoms with Gasteiger partial charge < -0.3 is 5.32 Å². The molecule has 1 atom stereocenters. The minimum Gasteiger partial charge on any atom is -0.354 e. The summed E-state index contributed by atoms with van der Waals surface area (Å²) in [6, 6.07) is 12.4. The Morgan fingerprint density at radius 2 is 2.08 bits per heavy atom. The van der Waals surface area contributed by atoms with Gasteiger partial charge >= 0.3 is 0 Å². The second-order valence-electron chi connectivity index (χ2n) is 6.94. The fraction of sp³-hybridized carbons (Fsp3) is 0.474. The van der Waals surface area contributed by atoms with E-state index in [1.54, 1.807) is 4.68 Å². The van der Waals surface area contributed by atoms with Crippen molar-refractivity contribution in [3.05, 3.63) is 53.9 Å². The van der Waals surface area contributed by atoms with Crippen molar-refractivity contribution in [2.45, 2.75) is 38.3 Å². The standard InChI is InChI=1S/C19H26N4O/c1-19(15-20-18(24)13-17-9-12-22(2)21-17)10-6-11-23(19)14-16-7-4-3-5-8-16/h3-5,7-9,12H,6,10-11,13-15H2,1-2H3,(H,20,24)/t19-/m1/s1. The number of rotatable bonds is 6. The van der Waals surface area contributed by atoms with Crippen molar-refractivity contribution in [2.24, 2.45) is 7.05 Å². The molecule has 1 aromatic heterocycles. The van der Waals surface area contributed by atoms with Crippen LogP contribution in [0.1, 0.15) is 31.0 Å². The van der Waals surface area contributed by atoms with Crippen molar-refractivity contribution in [1.82, 2.24) is 20.0 Å². The van der Waals surface area contributed by atoms with Gasteiger partial charge in [0.15, 0.2) is 0 Å². The molecular formula is C19H26N4O. The van der Waals surface area contributed by atoms with Gasteiger partial charge in [0.2, 0.25) is 5.91 Å². The molecule has 128 valence electrons. The van der Waals surface area contributed by atoms with E-state index in [-0.39, 0.29) is 11.4 Å². The predicted molar refractivity (Wildman–Crippen MR) is 94.4 cm³/mol. The minimum absolute atomic E-state index is 0.0234. The van der Waals surface area contributed by atoms with Crippen LogP contribution in [-0.4, -0.2) is 39.2 Å². The van der Waals surface area contributed by atoms with Gasteiger partial charge in [-0.15, -0.1) is 0 Å². The van der Waals surface area contributed by atoms with E-state index in [9.17, 15) is 4.79 Å². The molecule has 5 nitrogen and oxygen atoms in total. The maximum absolute atomic E-state index is 12.2. The van der Waals surface area contributed by atoms with Gasteiger partial charge in [0.05, 0.1) is 12.1 Å². The highest BCUT2D eigenvalue weighted by molar-refractivity contribution is 5.78. The molecule has 1 aliphatic heterocycles. The van der Waals surface area contributed by atoms with Gasteiger partial charge in [-0.3, -0.25) is 14.4 Å². The SMILES string of the molecule is Cn1ccc(CC(=O)NC[C@@]2(C)CCCN2Cc2ccccc2)n1. The number of carbonyl (C=O) groups is 1. The summed E-state index contributed by atoms with van der Waals surface area (Å²) in [7, 11) is 1.86.